The van der Waals surface area contributed by atoms with E-state index >= 15 is 0 Å². The number of para-hydroxylation sites is 1. The van der Waals surface area contributed by atoms with Crippen LogP contribution in [0.25, 0.3) is 11.6 Å². The Bertz CT molecular complexity index is 680. The van der Waals surface area contributed by atoms with Crippen LogP contribution in [0.4, 0.5) is 0 Å². The lowest BCUT2D eigenvalue weighted by atomic mass is 10.3. The van der Waals surface area contributed by atoms with Gasteiger partial charge in [-0.05, 0) is 31.3 Å². The first-order chi connectivity index (χ1) is 10.8. The van der Waals surface area contributed by atoms with Gasteiger partial charge in [0.15, 0.2) is 5.76 Å². The van der Waals surface area contributed by atoms with Crippen molar-refractivity contribution in [1.29, 1.82) is 0 Å². The van der Waals surface area contributed by atoms with Gasteiger partial charge in [0.1, 0.15) is 12.4 Å². The van der Waals surface area contributed by atoms with E-state index in [-0.39, 0.29) is 0 Å². The van der Waals surface area contributed by atoms with Crippen molar-refractivity contribution in [3.05, 3.63) is 54.6 Å². The Balaban J connectivity index is 1.46. The van der Waals surface area contributed by atoms with Crippen LogP contribution in [0.2, 0.25) is 0 Å². The third-order valence-corrected chi connectivity index (χ3v) is 3.10. The number of benzene rings is 1. The van der Waals surface area contributed by atoms with Crippen LogP contribution in [0.1, 0.15) is 5.89 Å². The normalized spacial score (nSPS) is 11.0. The smallest absolute Gasteiger partial charge is 0.241 e. The molecule has 0 atom stereocenters. The number of likely N-dealkylation sites (N-methyl/N-ethyl adjacent to an activating group) is 1. The Kier molecular flexibility index (Phi) is 4.50. The highest BCUT2D eigenvalue weighted by Crippen LogP contribution is 2.16. The predicted octanol–water partition coefficient (Wildman–Crippen LogP) is 2.84. The van der Waals surface area contributed by atoms with Gasteiger partial charge >= 0.3 is 0 Å². The maximum absolute atomic E-state index is 5.66. The summed E-state index contributed by atoms with van der Waals surface area (Å²) in [5.41, 5.74) is 0. The van der Waals surface area contributed by atoms with Crippen molar-refractivity contribution in [2.24, 2.45) is 0 Å². The Hall–Kier alpha value is -2.60. The van der Waals surface area contributed by atoms with Gasteiger partial charge in [-0.3, -0.25) is 4.90 Å². The van der Waals surface area contributed by atoms with E-state index in [9.17, 15) is 0 Å². The number of rotatable bonds is 7. The van der Waals surface area contributed by atoms with Crippen molar-refractivity contribution in [2.45, 2.75) is 6.54 Å². The van der Waals surface area contributed by atoms with Gasteiger partial charge in [0.2, 0.25) is 11.7 Å². The molecule has 0 saturated carbocycles. The number of nitrogens with zero attached hydrogens (tertiary/aromatic N) is 3. The molecule has 114 valence electrons. The second-order valence-corrected chi connectivity index (χ2v) is 4.89. The van der Waals surface area contributed by atoms with E-state index in [1.807, 2.05) is 37.4 Å². The Morgan fingerprint density at radius 2 is 2.00 bits per heavy atom. The van der Waals surface area contributed by atoms with Crippen molar-refractivity contribution < 1.29 is 13.7 Å². The van der Waals surface area contributed by atoms with E-state index in [2.05, 4.69) is 15.0 Å². The van der Waals surface area contributed by atoms with Crippen LogP contribution in [0.15, 0.2) is 57.7 Å². The predicted molar refractivity (Wildman–Crippen MR) is 80.3 cm³/mol. The molecular formula is C16H17N3O3. The van der Waals surface area contributed by atoms with Crippen molar-refractivity contribution in [3.8, 4) is 17.3 Å². The number of hydrogen-bond acceptors (Lipinski definition) is 6. The van der Waals surface area contributed by atoms with E-state index in [4.69, 9.17) is 13.7 Å². The molecule has 0 aliphatic carbocycles. The Labute approximate surface area is 128 Å². The zero-order valence-corrected chi connectivity index (χ0v) is 12.3. The molecule has 0 aliphatic rings. The molecule has 3 rings (SSSR count). The zero-order chi connectivity index (χ0) is 15.2. The average molecular weight is 299 g/mol. The van der Waals surface area contributed by atoms with Crippen LogP contribution in [-0.4, -0.2) is 35.2 Å². The number of furan rings is 1. The van der Waals surface area contributed by atoms with Gasteiger partial charge in [-0.25, -0.2) is 0 Å². The largest absolute Gasteiger partial charge is 0.492 e. The molecule has 6 heteroatoms. The van der Waals surface area contributed by atoms with Crippen LogP contribution in [0.5, 0.6) is 5.75 Å². The minimum absolute atomic E-state index is 0.467. The quantitative estimate of drug-likeness (QED) is 0.668. The van der Waals surface area contributed by atoms with Gasteiger partial charge in [0.25, 0.3) is 0 Å². The van der Waals surface area contributed by atoms with Gasteiger partial charge in [0.05, 0.1) is 12.8 Å². The lowest BCUT2D eigenvalue weighted by Crippen LogP contribution is -2.24. The van der Waals surface area contributed by atoms with Crippen LogP contribution < -0.4 is 4.74 Å². The van der Waals surface area contributed by atoms with Crippen LogP contribution in [0, 0.1) is 0 Å². The molecule has 2 aromatic heterocycles. The summed E-state index contributed by atoms with van der Waals surface area (Å²) in [4.78, 5) is 6.36. The Morgan fingerprint density at radius 3 is 2.77 bits per heavy atom. The first kappa shape index (κ1) is 14.3. The Morgan fingerprint density at radius 1 is 1.14 bits per heavy atom. The third kappa shape index (κ3) is 3.73. The van der Waals surface area contributed by atoms with Crippen LogP contribution in [-0.2, 0) is 6.54 Å². The molecule has 0 spiro atoms. The van der Waals surface area contributed by atoms with E-state index in [1.54, 1.807) is 18.4 Å². The minimum Gasteiger partial charge on any atom is -0.492 e. The number of aromatic nitrogens is 2. The fourth-order valence-electron chi connectivity index (χ4n) is 1.97. The van der Waals surface area contributed by atoms with Gasteiger partial charge in [-0.2, -0.15) is 4.98 Å². The summed E-state index contributed by atoms with van der Waals surface area (Å²) in [6, 6.07) is 13.3. The molecule has 0 amide bonds. The summed E-state index contributed by atoms with van der Waals surface area (Å²) in [7, 11) is 1.98. The standard InChI is InChI=1S/C16H17N3O3/c1-19(9-11-20-13-6-3-2-4-7-13)12-15-17-16(18-22-15)14-8-5-10-21-14/h2-8,10H,9,11-12H2,1H3. The van der Waals surface area contributed by atoms with Gasteiger partial charge < -0.3 is 13.7 Å². The van der Waals surface area contributed by atoms with E-state index in [0.717, 1.165) is 12.3 Å². The second-order valence-electron chi connectivity index (χ2n) is 4.89. The van der Waals surface area contributed by atoms with Gasteiger partial charge in [0, 0.05) is 6.54 Å². The zero-order valence-electron chi connectivity index (χ0n) is 12.3. The molecule has 0 radical (unpaired) electrons. The molecule has 0 fully saturated rings. The third-order valence-electron chi connectivity index (χ3n) is 3.10. The fraction of sp³-hybridized carbons (Fsp3) is 0.250. The van der Waals surface area contributed by atoms with Gasteiger partial charge in [-0.1, -0.05) is 23.4 Å². The van der Waals surface area contributed by atoms with Crippen molar-refractivity contribution in [1.82, 2.24) is 15.0 Å². The van der Waals surface area contributed by atoms with Gasteiger partial charge in [-0.15, -0.1) is 0 Å². The molecule has 1 aromatic carbocycles. The van der Waals surface area contributed by atoms with Crippen molar-refractivity contribution in [2.75, 3.05) is 20.2 Å². The SMILES string of the molecule is CN(CCOc1ccccc1)Cc1nc(-c2ccco2)no1. The van der Waals surface area contributed by atoms with Crippen LogP contribution >= 0.6 is 0 Å². The van der Waals surface area contributed by atoms with Crippen LogP contribution in [0.3, 0.4) is 0 Å². The topological polar surface area (TPSA) is 64.5 Å². The molecule has 0 N–H and O–H groups in total. The molecule has 22 heavy (non-hydrogen) atoms. The van der Waals surface area contributed by atoms with E-state index < -0.39 is 0 Å². The highest BCUT2D eigenvalue weighted by Gasteiger charge is 2.12. The second kappa shape index (κ2) is 6.91. The molecule has 0 aliphatic heterocycles. The lowest BCUT2D eigenvalue weighted by Gasteiger charge is -2.14. The summed E-state index contributed by atoms with van der Waals surface area (Å²) in [6.45, 7) is 1.92. The number of hydrogen-bond donors (Lipinski definition) is 0. The molecule has 3 aromatic rings. The molecule has 2 heterocycles. The average Bonchev–Trinajstić information content (AvgIpc) is 3.19. The number of ether oxygens (including phenoxy) is 1. The maximum Gasteiger partial charge on any atom is 0.241 e. The molecule has 0 unspecified atom stereocenters. The fourth-order valence-corrected chi connectivity index (χ4v) is 1.97. The first-order valence-corrected chi connectivity index (χ1v) is 7.04. The summed E-state index contributed by atoms with van der Waals surface area (Å²) >= 11 is 0. The van der Waals surface area contributed by atoms with Crippen molar-refractivity contribution in [3.63, 3.8) is 0 Å². The highest BCUT2D eigenvalue weighted by molar-refractivity contribution is 5.44. The summed E-state index contributed by atoms with van der Waals surface area (Å²) in [6.07, 6.45) is 1.58. The van der Waals surface area contributed by atoms with E-state index in [1.165, 1.54) is 0 Å². The van der Waals surface area contributed by atoms with E-state index in [0.29, 0.717) is 30.6 Å². The first-order valence-electron chi connectivity index (χ1n) is 7.04. The van der Waals surface area contributed by atoms with Crippen molar-refractivity contribution >= 4 is 0 Å². The lowest BCUT2D eigenvalue weighted by molar-refractivity contribution is 0.213. The molecule has 0 bridgehead atoms. The molecule has 6 nitrogen and oxygen atoms in total. The highest BCUT2D eigenvalue weighted by atomic mass is 16.5. The summed E-state index contributed by atoms with van der Waals surface area (Å²) in [5.74, 6) is 2.49. The molecule has 0 saturated heterocycles. The monoisotopic (exact) mass is 299 g/mol. The maximum atomic E-state index is 5.66. The minimum atomic E-state index is 0.467. The summed E-state index contributed by atoms with van der Waals surface area (Å²) < 4.78 is 16.1. The molecular weight excluding hydrogens is 282 g/mol. The summed E-state index contributed by atoms with van der Waals surface area (Å²) in [5, 5.41) is 3.90.